The van der Waals surface area contributed by atoms with Gasteiger partial charge in [0.15, 0.2) is 5.82 Å². The first-order valence-corrected chi connectivity index (χ1v) is 9.65. The number of amides is 1. The van der Waals surface area contributed by atoms with Gasteiger partial charge < -0.3 is 20.7 Å². The lowest BCUT2D eigenvalue weighted by atomic mass is 10.1. The molecule has 0 atom stereocenters. The van der Waals surface area contributed by atoms with Crippen LogP contribution >= 0.6 is 0 Å². The zero-order chi connectivity index (χ0) is 22.2. The second-order valence-electron chi connectivity index (χ2n) is 7.29. The number of morpholine rings is 1. The van der Waals surface area contributed by atoms with Crippen LogP contribution in [0.5, 0.6) is 0 Å². The summed E-state index contributed by atoms with van der Waals surface area (Å²) in [5.74, 6) is 0.715. The number of anilines is 2. The van der Waals surface area contributed by atoms with Gasteiger partial charge in [0, 0.05) is 31.5 Å². The first kappa shape index (κ1) is 20.9. The normalized spacial score (nSPS) is 14.8. The van der Waals surface area contributed by atoms with Gasteiger partial charge in [-0.05, 0) is 36.8 Å². The fourth-order valence-electron chi connectivity index (χ4n) is 3.47. The number of rotatable bonds is 4. The van der Waals surface area contributed by atoms with E-state index in [4.69, 9.17) is 10.5 Å². The summed E-state index contributed by atoms with van der Waals surface area (Å²) in [4.78, 5) is 18.8. The second-order valence-corrected chi connectivity index (χ2v) is 7.29. The van der Waals surface area contributed by atoms with Crippen molar-refractivity contribution in [2.24, 2.45) is 0 Å². The Labute approximate surface area is 175 Å². The maximum atomic E-state index is 13.1. The largest absolute Gasteiger partial charge is 0.416 e. The summed E-state index contributed by atoms with van der Waals surface area (Å²) in [6.07, 6.45) is -2.87. The monoisotopic (exact) mass is 434 g/mol. The van der Waals surface area contributed by atoms with Crippen molar-refractivity contribution in [1.29, 1.82) is 0 Å². The lowest BCUT2D eigenvalue weighted by molar-refractivity contribution is -0.137. The molecule has 0 radical (unpaired) electrons. The highest BCUT2D eigenvalue weighted by molar-refractivity contribution is 5.96. The van der Waals surface area contributed by atoms with Crippen LogP contribution < -0.4 is 11.1 Å². The number of nitrogens with zero attached hydrogens (tertiary/aromatic N) is 4. The van der Waals surface area contributed by atoms with Gasteiger partial charge in [-0.1, -0.05) is 0 Å². The number of fused-ring (bicyclic) bond motifs is 1. The van der Waals surface area contributed by atoms with Gasteiger partial charge in [-0.3, -0.25) is 4.79 Å². The molecule has 1 aromatic carbocycles. The van der Waals surface area contributed by atoms with Crippen molar-refractivity contribution in [2.75, 3.05) is 37.4 Å². The number of aromatic nitrogens is 3. The number of nitrogens with two attached hydrogens (primary N) is 1. The van der Waals surface area contributed by atoms with Crippen molar-refractivity contribution >= 4 is 22.9 Å². The van der Waals surface area contributed by atoms with Crippen LogP contribution in [-0.4, -0.2) is 51.7 Å². The van der Waals surface area contributed by atoms with Gasteiger partial charge >= 0.3 is 6.18 Å². The Bertz CT molecular complexity index is 1120. The molecule has 1 fully saturated rings. The standard InChI is InChI=1S/C20H21F3N6O2/c1-12-26-18(25-10-13-6-15(20(21,22)23)9-16(24)7-13)17-8-14(11-29(17)27-12)19(30)28-2-4-31-5-3-28/h6-9,11H,2-5,10,24H2,1H3,(H,25,26,27). The lowest BCUT2D eigenvalue weighted by Crippen LogP contribution is -2.40. The average Bonchev–Trinajstić information content (AvgIpc) is 3.15. The summed E-state index contributed by atoms with van der Waals surface area (Å²) in [5, 5.41) is 7.34. The summed E-state index contributed by atoms with van der Waals surface area (Å²) >= 11 is 0. The number of carbonyl (C=O) groups excluding carboxylic acids is 1. The zero-order valence-corrected chi connectivity index (χ0v) is 16.7. The molecule has 3 N–H and O–H groups in total. The molecule has 1 aliphatic rings. The van der Waals surface area contributed by atoms with Crippen molar-refractivity contribution in [3.05, 3.63) is 53.0 Å². The van der Waals surface area contributed by atoms with Crippen LogP contribution in [0.3, 0.4) is 0 Å². The summed E-state index contributed by atoms with van der Waals surface area (Å²) in [5.41, 5.74) is 6.21. The molecular formula is C20H21F3N6O2. The van der Waals surface area contributed by atoms with E-state index in [9.17, 15) is 18.0 Å². The van der Waals surface area contributed by atoms with Gasteiger partial charge in [-0.2, -0.15) is 18.3 Å². The highest BCUT2D eigenvalue weighted by Crippen LogP contribution is 2.31. The fraction of sp³-hybridized carbons (Fsp3) is 0.350. The molecule has 0 saturated carbocycles. The van der Waals surface area contributed by atoms with Crippen LogP contribution in [-0.2, 0) is 17.5 Å². The number of benzene rings is 1. The van der Waals surface area contributed by atoms with Crippen molar-refractivity contribution in [1.82, 2.24) is 19.5 Å². The summed E-state index contributed by atoms with van der Waals surface area (Å²) in [7, 11) is 0. The first-order chi connectivity index (χ1) is 14.7. The minimum atomic E-state index is -4.49. The van der Waals surface area contributed by atoms with Crippen LogP contribution in [0.15, 0.2) is 30.5 Å². The first-order valence-electron chi connectivity index (χ1n) is 9.65. The maximum absolute atomic E-state index is 13.1. The van der Waals surface area contributed by atoms with Gasteiger partial charge in [0.05, 0.1) is 24.3 Å². The molecule has 0 aliphatic carbocycles. The molecule has 11 heteroatoms. The molecule has 4 rings (SSSR count). The third-order valence-corrected chi connectivity index (χ3v) is 4.92. The van der Waals surface area contributed by atoms with Crippen LogP contribution in [0.1, 0.15) is 27.3 Å². The Hall–Kier alpha value is -3.34. The van der Waals surface area contributed by atoms with Crippen molar-refractivity contribution in [2.45, 2.75) is 19.6 Å². The fourth-order valence-corrected chi connectivity index (χ4v) is 3.47. The third-order valence-electron chi connectivity index (χ3n) is 4.92. The molecule has 3 aromatic rings. The molecule has 0 spiro atoms. The molecule has 164 valence electrons. The van der Waals surface area contributed by atoms with Crippen LogP contribution in [0, 0.1) is 6.92 Å². The number of hydrogen-bond donors (Lipinski definition) is 2. The Morgan fingerprint density at radius 3 is 2.68 bits per heavy atom. The molecule has 1 amide bonds. The Morgan fingerprint density at radius 2 is 1.97 bits per heavy atom. The predicted molar refractivity (Wildman–Crippen MR) is 108 cm³/mol. The predicted octanol–water partition coefficient (Wildman–Crippen LogP) is 2.72. The summed E-state index contributed by atoms with van der Waals surface area (Å²) in [6, 6.07) is 5.08. The van der Waals surface area contributed by atoms with Crippen molar-refractivity contribution < 1.29 is 22.7 Å². The average molecular weight is 434 g/mol. The van der Waals surface area contributed by atoms with E-state index in [0.717, 1.165) is 12.1 Å². The Kier molecular flexibility index (Phi) is 5.44. The van der Waals surface area contributed by atoms with E-state index in [1.807, 2.05) is 0 Å². The zero-order valence-electron chi connectivity index (χ0n) is 16.7. The minimum absolute atomic E-state index is 0.0247. The molecule has 0 unspecified atom stereocenters. The smallest absolute Gasteiger partial charge is 0.399 e. The van der Waals surface area contributed by atoms with E-state index < -0.39 is 11.7 Å². The SMILES string of the molecule is Cc1nc(NCc2cc(N)cc(C(F)(F)F)c2)c2cc(C(=O)N3CCOCC3)cn2n1. The van der Waals surface area contributed by atoms with Crippen molar-refractivity contribution in [3.63, 3.8) is 0 Å². The van der Waals surface area contributed by atoms with Crippen molar-refractivity contribution in [3.8, 4) is 0 Å². The number of carbonyl (C=O) groups is 1. The van der Waals surface area contributed by atoms with E-state index in [-0.39, 0.29) is 18.1 Å². The number of aryl methyl sites for hydroxylation is 1. The molecule has 31 heavy (non-hydrogen) atoms. The second kappa shape index (κ2) is 8.06. The number of alkyl halides is 3. The third kappa shape index (κ3) is 4.55. The minimum Gasteiger partial charge on any atom is -0.399 e. The molecule has 3 heterocycles. The summed E-state index contributed by atoms with van der Waals surface area (Å²) in [6.45, 7) is 3.76. The van der Waals surface area contributed by atoms with Crippen LogP contribution in [0.2, 0.25) is 0 Å². The number of halogens is 3. The van der Waals surface area contributed by atoms with E-state index in [1.54, 1.807) is 28.6 Å². The topological polar surface area (TPSA) is 97.8 Å². The highest BCUT2D eigenvalue weighted by Gasteiger charge is 2.31. The molecule has 1 saturated heterocycles. The Balaban J connectivity index is 1.60. The molecule has 2 aromatic heterocycles. The van der Waals surface area contributed by atoms with Gasteiger partial charge in [0.1, 0.15) is 11.3 Å². The maximum Gasteiger partial charge on any atom is 0.416 e. The van der Waals surface area contributed by atoms with Gasteiger partial charge in [-0.25, -0.2) is 9.50 Å². The van der Waals surface area contributed by atoms with Gasteiger partial charge in [0.2, 0.25) is 0 Å². The van der Waals surface area contributed by atoms with Crippen LogP contribution in [0.4, 0.5) is 24.7 Å². The number of ether oxygens (including phenoxy) is 1. The van der Waals surface area contributed by atoms with E-state index in [1.165, 1.54) is 6.07 Å². The quantitative estimate of drug-likeness (QED) is 0.613. The van der Waals surface area contributed by atoms with E-state index >= 15 is 0 Å². The summed E-state index contributed by atoms with van der Waals surface area (Å²) < 4.78 is 46.0. The molecular weight excluding hydrogens is 413 g/mol. The van der Waals surface area contributed by atoms with E-state index in [2.05, 4.69) is 15.4 Å². The van der Waals surface area contributed by atoms with E-state index in [0.29, 0.717) is 54.6 Å². The number of nitrogen functional groups attached to an aromatic ring is 1. The molecule has 0 bridgehead atoms. The highest BCUT2D eigenvalue weighted by atomic mass is 19.4. The molecule has 8 nitrogen and oxygen atoms in total. The van der Waals surface area contributed by atoms with Crippen LogP contribution in [0.25, 0.3) is 5.52 Å². The number of hydrogen-bond acceptors (Lipinski definition) is 6. The van der Waals surface area contributed by atoms with Gasteiger partial charge in [0.25, 0.3) is 5.91 Å². The molecule has 1 aliphatic heterocycles. The number of nitrogens with one attached hydrogen (secondary N) is 1. The lowest BCUT2D eigenvalue weighted by Gasteiger charge is -2.26. The van der Waals surface area contributed by atoms with Gasteiger partial charge in [-0.15, -0.1) is 0 Å². The Morgan fingerprint density at radius 1 is 1.23 bits per heavy atom.